The summed E-state index contributed by atoms with van der Waals surface area (Å²) in [4.78, 5) is 1.96. The second-order valence-corrected chi connectivity index (χ2v) is 5.59. The molecule has 0 unspecified atom stereocenters. The SMILES string of the molecule is Nc1ccc(F)c(F)c1N(CC1CC1)CC1CC1. The van der Waals surface area contributed by atoms with E-state index in [0.717, 1.165) is 19.2 Å². The molecule has 2 saturated carbocycles. The summed E-state index contributed by atoms with van der Waals surface area (Å²) in [7, 11) is 0. The van der Waals surface area contributed by atoms with Gasteiger partial charge < -0.3 is 10.6 Å². The first-order chi connectivity index (χ1) is 8.65. The summed E-state index contributed by atoms with van der Waals surface area (Å²) in [6, 6.07) is 2.56. The van der Waals surface area contributed by atoms with Crippen LogP contribution in [0.4, 0.5) is 20.2 Å². The lowest BCUT2D eigenvalue weighted by molar-refractivity contribution is 0.504. The van der Waals surface area contributed by atoms with E-state index in [2.05, 4.69) is 0 Å². The first-order valence-electron chi connectivity index (χ1n) is 6.63. The molecule has 0 atom stereocenters. The zero-order chi connectivity index (χ0) is 12.7. The number of benzene rings is 1. The standard InChI is InChI=1S/C14H18F2N2/c15-11-5-6-12(17)14(13(11)16)18(7-9-1-2-9)8-10-3-4-10/h5-6,9-10H,1-4,7-8,17H2. The van der Waals surface area contributed by atoms with Crippen LogP contribution in [0.1, 0.15) is 25.7 Å². The van der Waals surface area contributed by atoms with Gasteiger partial charge in [-0.25, -0.2) is 8.78 Å². The summed E-state index contributed by atoms with van der Waals surface area (Å²) in [5.41, 5.74) is 6.45. The van der Waals surface area contributed by atoms with Gasteiger partial charge in [0.25, 0.3) is 0 Å². The average molecular weight is 252 g/mol. The van der Waals surface area contributed by atoms with Crippen molar-refractivity contribution in [3.63, 3.8) is 0 Å². The van der Waals surface area contributed by atoms with Crippen molar-refractivity contribution < 1.29 is 8.78 Å². The zero-order valence-corrected chi connectivity index (χ0v) is 10.3. The van der Waals surface area contributed by atoms with Gasteiger partial charge in [0.05, 0.1) is 11.4 Å². The van der Waals surface area contributed by atoms with Gasteiger partial charge in [0, 0.05) is 13.1 Å². The van der Waals surface area contributed by atoms with Crippen molar-refractivity contribution in [2.45, 2.75) is 25.7 Å². The summed E-state index contributed by atoms with van der Waals surface area (Å²) in [6.07, 6.45) is 4.77. The third kappa shape index (κ3) is 2.42. The minimum Gasteiger partial charge on any atom is -0.397 e. The summed E-state index contributed by atoms with van der Waals surface area (Å²) >= 11 is 0. The molecule has 1 aromatic carbocycles. The first kappa shape index (κ1) is 11.8. The van der Waals surface area contributed by atoms with Gasteiger partial charge in [0.1, 0.15) is 0 Å². The van der Waals surface area contributed by atoms with Crippen molar-refractivity contribution in [3.8, 4) is 0 Å². The van der Waals surface area contributed by atoms with Gasteiger partial charge in [-0.05, 0) is 49.7 Å². The maximum absolute atomic E-state index is 14.0. The lowest BCUT2D eigenvalue weighted by Gasteiger charge is -2.26. The van der Waals surface area contributed by atoms with Gasteiger partial charge in [-0.3, -0.25) is 0 Å². The maximum atomic E-state index is 14.0. The van der Waals surface area contributed by atoms with Crippen LogP contribution in [0.2, 0.25) is 0 Å². The number of nitrogen functional groups attached to an aromatic ring is 1. The van der Waals surface area contributed by atoms with E-state index in [1.807, 2.05) is 4.90 Å². The minimum absolute atomic E-state index is 0.272. The number of nitrogens with two attached hydrogens (primary N) is 1. The molecule has 2 fully saturated rings. The Morgan fingerprint density at radius 1 is 1.06 bits per heavy atom. The van der Waals surface area contributed by atoms with Crippen molar-refractivity contribution in [1.82, 2.24) is 0 Å². The highest BCUT2D eigenvalue weighted by atomic mass is 19.2. The molecular weight excluding hydrogens is 234 g/mol. The normalized spacial score (nSPS) is 19.0. The molecule has 18 heavy (non-hydrogen) atoms. The highest BCUT2D eigenvalue weighted by molar-refractivity contribution is 5.68. The Hall–Kier alpha value is -1.32. The molecule has 0 aromatic heterocycles. The summed E-state index contributed by atoms with van der Waals surface area (Å²) in [6.45, 7) is 1.61. The maximum Gasteiger partial charge on any atom is 0.184 e. The Labute approximate surface area is 106 Å². The molecule has 0 spiro atoms. The van der Waals surface area contributed by atoms with Crippen molar-refractivity contribution in [2.75, 3.05) is 23.7 Å². The molecule has 0 saturated heterocycles. The second kappa shape index (κ2) is 4.41. The summed E-state index contributed by atoms with van der Waals surface area (Å²) < 4.78 is 27.3. The molecule has 0 radical (unpaired) electrons. The molecule has 0 heterocycles. The zero-order valence-electron chi connectivity index (χ0n) is 10.3. The molecular formula is C14H18F2N2. The van der Waals surface area contributed by atoms with E-state index >= 15 is 0 Å². The van der Waals surface area contributed by atoms with Crippen LogP contribution in [0.25, 0.3) is 0 Å². The van der Waals surface area contributed by atoms with Crippen molar-refractivity contribution >= 4 is 11.4 Å². The highest BCUT2D eigenvalue weighted by Crippen LogP contribution is 2.38. The van der Waals surface area contributed by atoms with Crippen molar-refractivity contribution in [1.29, 1.82) is 0 Å². The molecule has 98 valence electrons. The predicted octanol–water partition coefficient (Wildman–Crippen LogP) is 3.17. The quantitative estimate of drug-likeness (QED) is 0.815. The van der Waals surface area contributed by atoms with Crippen molar-refractivity contribution in [2.24, 2.45) is 11.8 Å². The van der Waals surface area contributed by atoms with E-state index in [4.69, 9.17) is 5.73 Å². The number of rotatable bonds is 5. The highest BCUT2D eigenvalue weighted by Gasteiger charge is 2.31. The largest absolute Gasteiger partial charge is 0.397 e. The van der Waals surface area contributed by atoms with Gasteiger partial charge in [0.2, 0.25) is 0 Å². The van der Waals surface area contributed by atoms with Gasteiger partial charge in [-0.15, -0.1) is 0 Å². The molecule has 1 aromatic rings. The van der Waals surface area contributed by atoms with Crippen LogP contribution < -0.4 is 10.6 Å². The third-order valence-electron chi connectivity index (χ3n) is 3.77. The molecule has 4 heteroatoms. The topological polar surface area (TPSA) is 29.3 Å². The minimum atomic E-state index is -0.809. The van der Waals surface area contributed by atoms with Crippen LogP contribution in [0, 0.1) is 23.5 Å². The van der Waals surface area contributed by atoms with Gasteiger partial charge in [-0.2, -0.15) is 0 Å². The number of nitrogens with zero attached hydrogens (tertiary/aromatic N) is 1. The fraction of sp³-hybridized carbons (Fsp3) is 0.571. The molecule has 0 bridgehead atoms. The summed E-state index contributed by atoms with van der Waals surface area (Å²) in [5.74, 6) is -0.344. The van der Waals surface area contributed by atoms with E-state index in [1.54, 1.807) is 0 Å². The number of anilines is 2. The van der Waals surface area contributed by atoms with Crippen LogP contribution >= 0.6 is 0 Å². The smallest absolute Gasteiger partial charge is 0.184 e. The molecule has 2 nitrogen and oxygen atoms in total. The van der Waals surface area contributed by atoms with Crippen LogP contribution in [0.5, 0.6) is 0 Å². The number of halogens is 2. The third-order valence-corrected chi connectivity index (χ3v) is 3.77. The number of hydrogen-bond acceptors (Lipinski definition) is 2. The Kier molecular flexibility index (Phi) is 2.88. The van der Waals surface area contributed by atoms with Crippen LogP contribution in [0.15, 0.2) is 12.1 Å². The molecule has 2 aliphatic rings. The predicted molar refractivity (Wildman–Crippen MR) is 68.4 cm³/mol. The van der Waals surface area contributed by atoms with E-state index in [0.29, 0.717) is 17.5 Å². The summed E-state index contributed by atoms with van der Waals surface area (Å²) in [5, 5.41) is 0. The van der Waals surface area contributed by atoms with Gasteiger partial charge >= 0.3 is 0 Å². The Morgan fingerprint density at radius 2 is 1.61 bits per heavy atom. The Balaban J connectivity index is 1.88. The molecule has 2 N–H and O–H groups in total. The van der Waals surface area contributed by atoms with Gasteiger partial charge in [0.15, 0.2) is 11.6 Å². The monoisotopic (exact) mass is 252 g/mol. The fourth-order valence-electron chi connectivity index (χ4n) is 2.36. The second-order valence-electron chi connectivity index (χ2n) is 5.59. The molecule has 0 amide bonds. The van der Waals surface area contributed by atoms with Gasteiger partial charge in [-0.1, -0.05) is 0 Å². The fourth-order valence-corrected chi connectivity index (χ4v) is 2.36. The van der Waals surface area contributed by atoms with Crippen molar-refractivity contribution in [3.05, 3.63) is 23.8 Å². The van der Waals surface area contributed by atoms with Crippen LogP contribution in [-0.2, 0) is 0 Å². The van der Waals surface area contributed by atoms with E-state index in [-0.39, 0.29) is 5.69 Å². The van der Waals surface area contributed by atoms with Crippen LogP contribution in [0.3, 0.4) is 0 Å². The van der Waals surface area contributed by atoms with E-state index < -0.39 is 11.6 Å². The first-order valence-corrected chi connectivity index (χ1v) is 6.63. The van der Waals surface area contributed by atoms with E-state index in [9.17, 15) is 8.78 Å². The molecule has 3 rings (SSSR count). The average Bonchev–Trinajstić information content (AvgIpc) is 3.19. The van der Waals surface area contributed by atoms with Crippen LogP contribution in [-0.4, -0.2) is 13.1 Å². The Bertz CT molecular complexity index is 439. The lowest BCUT2D eigenvalue weighted by atomic mass is 10.2. The lowest BCUT2D eigenvalue weighted by Crippen LogP contribution is -2.30. The molecule has 0 aliphatic heterocycles. The Morgan fingerprint density at radius 3 is 2.11 bits per heavy atom. The van der Waals surface area contributed by atoms with E-state index in [1.165, 1.54) is 31.7 Å². The molecule has 2 aliphatic carbocycles. The number of hydrogen-bond donors (Lipinski definition) is 1.